The zero-order valence-electron chi connectivity index (χ0n) is 13.8. The number of carbonyl (C=O) groups excluding carboxylic acids is 2. The van der Waals surface area contributed by atoms with Gasteiger partial charge in [0.2, 0.25) is 11.6 Å². The van der Waals surface area contributed by atoms with Crippen molar-refractivity contribution in [2.45, 2.75) is 0 Å². The summed E-state index contributed by atoms with van der Waals surface area (Å²) >= 11 is 11.2. The zero-order chi connectivity index (χ0) is 20.7. The van der Waals surface area contributed by atoms with Crippen molar-refractivity contribution >= 4 is 41.5 Å². The monoisotopic (exact) mass is 421 g/mol. The van der Waals surface area contributed by atoms with Gasteiger partial charge in [-0.05, 0) is 12.1 Å². The van der Waals surface area contributed by atoms with Crippen LogP contribution in [0, 0.1) is 21.7 Å². The largest absolute Gasteiger partial charge is 0.495 e. The highest BCUT2D eigenvalue weighted by molar-refractivity contribution is 6.33. The van der Waals surface area contributed by atoms with Crippen molar-refractivity contribution < 1.29 is 32.8 Å². The van der Waals surface area contributed by atoms with E-state index < -0.39 is 33.6 Å². The Balaban J connectivity index is 0.000000277. The van der Waals surface area contributed by atoms with Crippen molar-refractivity contribution in [3.8, 4) is 11.5 Å². The summed E-state index contributed by atoms with van der Waals surface area (Å²) in [7, 11) is 2.50. The van der Waals surface area contributed by atoms with Crippen LogP contribution in [-0.2, 0) is 0 Å². The van der Waals surface area contributed by atoms with Gasteiger partial charge in [0.05, 0.1) is 40.3 Å². The second kappa shape index (κ2) is 9.79. The van der Waals surface area contributed by atoms with Crippen molar-refractivity contribution in [3.05, 3.63) is 61.1 Å². The molecule has 7 nitrogen and oxygen atoms in total. The normalized spacial score (nSPS) is 9.70. The van der Waals surface area contributed by atoms with Crippen molar-refractivity contribution in [1.29, 1.82) is 0 Å². The third-order valence-electron chi connectivity index (χ3n) is 3.09. The fraction of sp³-hybridized carbons (Fsp3) is 0.125. The van der Waals surface area contributed by atoms with Gasteiger partial charge in [0.25, 0.3) is 0 Å². The van der Waals surface area contributed by atoms with Crippen LogP contribution >= 0.6 is 23.2 Å². The number of nitro benzene ring substituents is 1. The number of aldehydes is 2. The van der Waals surface area contributed by atoms with E-state index in [-0.39, 0.29) is 27.6 Å². The summed E-state index contributed by atoms with van der Waals surface area (Å²) in [4.78, 5) is 30.2. The van der Waals surface area contributed by atoms with E-state index in [9.17, 15) is 28.5 Å². The predicted octanol–water partition coefficient (Wildman–Crippen LogP) is 4.51. The molecule has 2 aromatic rings. The molecule has 0 bridgehead atoms. The lowest BCUT2D eigenvalue weighted by Gasteiger charge is -2.05. The molecule has 0 amide bonds. The molecule has 0 atom stereocenters. The van der Waals surface area contributed by atoms with Gasteiger partial charge in [-0.3, -0.25) is 19.7 Å². The van der Waals surface area contributed by atoms with Crippen molar-refractivity contribution in [2.24, 2.45) is 0 Å². The maximum atomic E-state index is 13.3. The van der Waals surface area contributed by atoms with Gasteiger partial charge >= 0.3 is 5.69 Å². The summed E-state index contributed by atoms with van der Waals surface area (Å²) in [5.74, 6) is -2.06. The first-order chi connectivity index (χ1) is 12.7. The Hall–Kier alpha value is -2.78. The number of ether oxygens (including phenoxy) is 2. The number of benzene rings is 2. The second-order valence-corrected chi connectivity index (χ2v) is 5.46. The number of methoxy groups -OCH3 is 2. The highest BCUT2D eigenvalue weighted by Gasteiger charge is 2.27. The summed E-state index contributed by atoms with van der Waals surface area (Å²) in [6.45, 7) is 0. The van der Waals surface area contributed by atoms with Gasteiger partial charge in [-0.2, -0.15) is 4.39 Å². The average Bonchev–Trinajstić information content (AvgIpc) is 2.64. The Morgan fingerprint density at radius 1 is 1.00 bits per heavy atom. The quantitative estimate of drug-likeness (QED) is 0.400. The lowest BCUT2D eigenvalue weighted by molar-refractivity contribution is -0.388. The summed E-state index contributed by atoms with van der Waals surface area (Å²) in [5, 5.41) is 10.6. The number of nitro groups is 1. The number of rotatable bonds is 5. The minimum Gasteiger partial charge on any atom is -0.495 e. The Labute approximate surface area is 161 Å². The predicted molar refractivity (Wildman–Crippen MR) is 93.4 cm³/mol. The van der Waals surface area contributed by atoms with Crippen LogP contribution in [0.1, 0.15) is 20.7 Å². The molecular formula is C16H11Cl2F2NO6. The van der Waals surface area contributed by atoms with E-state index >= 15 is 0 Å². The molecule has 0 aromatic heterocycles. The molecule has 0 spiro atoms. The van der Waals surface area contributed by atoms with Crippen molar-refractivity contribution in [3.63, 3.8) is 0 Å². The molecule has 0 radical (unpaired) electrons. The molecule has 0 unspecified atom stereocenters. The van der Waals surface area contributed by atoms with Crippen molar-refractivity contribution in [1.82, 2.24) is 0 Å². The van der Waals surface area contributed by atoms with Gasteiger partial charge in [0.15, 0.2) is 12.6 Å². The second-order valence-electron chi connectivity index (χ2n) is 4.64. The molecule has 0 fully saturated rings. The molecule has 2 rings (SSSR count). The molecule has 27 heavy (non-hydrogen) atoms. The molecule has 0 saturated carbocycles. The lowest BCUT2D eigenvalue weighted by atomic mass is 10.2. The van der Waals surface area contributed by atoms with Crippen LogP contribution in [0.3, 0.4) is 0 Å². The van der Waals surface area contributed by atoms with E-state index in [2.05, 4.69) is 4.74 Å². The van der Waals surface area contributed by atoms with Gasteiger partial charge in [-0.25, -0.2) is 4.39 Å². The SMILES string of the molecule is COc1c(Cl)cc(C=O)c(F)c1[N+](=O)[O-].COc1cc(F)c(C=O)cc1Cl. The molecule has 2 aromatic carbocycles. The van der Waals surface area contributed by atoms with Crippen LogP contribution < -0.4 is 9.47 Å². The highest BCUT2D eigenvalue weighted by atomic mass is 35.5. The van der Waals surface area contributed by atoms with Gasteiger partial charge in [0, 0.05) is 6.07 Å². The number of nitrogens with zero attached hydrogens (tertiary/aromatic N) is 1. The summed E-state index contributed by atoms with van der Waals surface area (Å²) in [5.41, 5.74) is -1.49. The highest BCUT2D eigenvalue weighted by Crippen LogP contribution is 2.38. The molecular weight excluding hydrogens is 411 g/mol. The van der Waals surface area contributed by atoms with Crippen LogP contribution in [0.2, 0.25) is 10.0 Å². The van der Waals surface area contributed by atoms with Gasteiger partial charge in [0.1, 0.15) is 11.6 Å². The third-order valence-corrected chi connectivity index (χ3v) is 3.66. The van der Waals surface area contributed by atoms with Crippen LogP contribution in [0.25, 0.3) is 0 Å². The molecule has 0 saturated heterocycles. The van der Waals surface area contributed by atoms with Crippen LogP contribution in [-0.4, -0.2) is 31.7 Å². The van der Waals surface area contributed by atoms with Crippen LogP contribution in [0.15, 0.2) is 18.2 Å². The molecule has 0 aliphatic carbocycles. The molecule has 0 aliphatic heterocycles. The van der Waals surface area contributed by atoms with E-state index in [4.69, 9.17) is 27.9 Å². The van der Waals surface area contributed by atoms with Crippen molar-refractivity contribution in [2.75, 3.05) is 14.2 Å². The summed E-state index contributed by atoms with van der Waals surface area (Å²) in [6.07, 6.45) is 0.550. The first-order valence-electron chi connectivity index (χ1n) is 6.85. The molecule has 0 N–H and O–H groups in total. The van der Waals surface area contributed by atoms with E-state index in [1.54, 1.807) is 0 Å². The number of halogens is 4. The Kier molecular flexibility index (Phi) is 8.07. The summed E-state index contributed by atoms with van der Waals surface area (Å²) < 4.78 is 35.5. The maximum absolute atomic E-state index is 13.3. The van der Waals surface area contributed by atoms with Gasteiger partial charge < -0.3 is 9.47 Å². The van der Waals surface area contributed by atoms with Crippen LogP contribution in [0.4, 0.5) is 14.5 Å². The van der Waals surface area contributed by atoms with Crippen LogP contribution in [0.5, 0.6) is 11.5 Å². The maximum Gasteiger partial charge on any atom is 0.348 e. The molecule has 0 heterocycles. The number of carbonyl (C=O) groups is 2. The smallest absolute Gasteiger partial charge is 0.348 e. The lowest BCUT2D eigenvalue weighted by Crippen LogP contribution is -2.01. The molecule has 144 valence electrons. The topological polar surface area (TPSA) is 95.7 Å². The minimum absolute atomic E-state index is 0.0687. The van der Waals surface area contributed by atoms with E-state index in [0.717, 1.165) is 19.2 Å². The average molecular weight is 422 g/mol. The first kappa shape index (κ1) is 22.3. The fourth-order valence-corrected chi connectivity index (χ4v) is 2.38. The Morgan fingerprint density at radius 3 is 2.00 bits per heavy atom. The van der Waals surface area contributed by atoms with Gasteiger partial charge in [-0.1, -0.05) is 23.2 Å². The minimum atomic E-state index is -1.25. The van der Waals surface area contributed by atoms with E-state index in [0.29, 0.717) is 6.29 Å². The molecule has 11 heteroatoms. The number of hydrogen-bond acceptors (Lipinski definition) is 6. The Bertz CT molecular complexity index is 892. The molecule has 0 aliphatic rings. The zero-order valence-corrected chi connectivity index (χ0v) is 15.3. The van der Waals surface area contributed by atoms with E-state index in [1.807, 2.05) is 0 Å². The standard InChI is InChI=1S/C8H5ClFNO4.C8H6ClFO2/c1-15-8-5(9)2-4(3-12)6(10)7(8)11(13)14;1-12-8-3-7(10)5(4-11)2-6(8)9/h2-3H,1H3;2-4H,1H3. The number of hydrogen-bond donors (Lipinski definition) is 0. The first-order valence-corrected chi connectivity index (χ1v) is 7.61. The summed E-state index contributed by atoms with van der Waals surface area (Å²) in [6, 6.07) is 3.27. The third kappa shape index (κ3) is 5.11. The van der Waals surface area contributed by atoms with Gasteiger partial charge in [-0.15, -0.1) is 0 Å². The fourth-order valence-electron chi connectivity index (χ4n) is 1.85. The van der Waals surface area contributed by atoms with E-state index in [1.165, 1.54) is 13.2 Å². The Morgan fingerprint density at radius 2 is 1.56 bits per heavy atom.